The number of fused-ring (bicyclic) bond motifs is 1. The molecular formula is C17H19N3O4S. The summed E-state index contributed by atoms with van der Waals surface area (Å²) in [6, 6.07) is 4.99. The van der Waals surface area contributed by atoms with Crippen LogP contribution in [-0.4, -0.2) is 24.3 Å². The van der Waals surface area contributed by atoms with E-state index < -0.39 is 11.8 Å². The zero-order valence-electron chi connectivity index (χ0n) is 13.6. The molecule has 0 fully saturated rings. The molecule has 132 valence electrons. The summed E-state index contributed by atoms with van der Waals surface area (Å²) in [6.07, 6.45) is 6.92. The van der Waals surface area contributed by atoms with E-state index in [0.29, 0.717) is 4.88 Å². The number of carbonyl (C=O) groups is 3. The Morgan fingerprint density at radius 1 is 1.08 bits per heavy atom. The number of thiophene rings is 1. The standard InChI is InChI=1S/C17H19N3O4S/c21-15(10-18-16(22)12-6-4-8-24-12)19-20-17(23)14-9-11-5-2-1-3-7-13(11)25-14/h4,6,8-9H,1-3,5,7,10H2,(H,18,22)(H,19,21)(H,20,23). The van der Waals surface area contributed by atoms with E-state index in [-0.39, 0.29) is 18.2 Å². The Bertz CT molecular complexity index is 743. The Hall–Kier alpha value is -2.61. The smallest absolute Gasteiger partial charge is 0.287 e. The van der Waals surface area contributed by atoms with Crippen LogP contribution < -0.4 is 16.2 Å². The minimum atomic E-state index is -0.522. The summed E-state index contributed by atoms with van der Waals surface area (Å²) in [5.74, 6) is -1.24. The monoisotopic (exact) mass is 361 g/mol. The fourth-order valence-corrected chi connectivity index (χ4v) is 3.82. The fraction of sp³-hybridized carbons (Fsp3) is 0.353. The Labute approximate surface area is 148 Å². The van der Waals surface area contributed by atoms with Crippen LogP contribution >= 0.6 is 11.3 Å². The first kappa shape index (κ1) is 17.2. The van der Waals surface area contributed by atoms with Gasteiger partial charge in [0.2, 0.25) is 0 Å². The Morgan fingerprint density at radius 2 is 1.92 bits per heavy atom. The van der Waals surface area contributed by atoms with Gasteiger partial charge in [-0.1, -0.05) is 6.42 Å². The SMILES string of the molecule is O=C(CNC(=O)c1ccco1)NNC(=O)c1cc2c(s1)CCCCC2. The predicted molar refractivity (Wildman–Crippen MR) is 92.2 cm³/mol. The fourth-order valence-electron chi connectivity index (χ4n) is 2.67. The molecule has 1 aliphatic carbocycles. The molecule has 0 saturated carbocycles. The number of hydrazine groups is 1. The number of hydrogen-bond acceptors (Lipinski definition) is 5. The molecule has 3 N–H and O–H groups in total. The maximum absolute atomic E-state index is 12.2. The van der Waals surface area contributed by atoms with E-state index in [1.807, 2.05) is 6.07 Å². The third-order valence-corrected chi connectivity index (χ3v) is 5.18. The van der Waals surface area contributed by atoms with Crippen molar-refractivity contribution in [2.24, 2.45) is 0 Å². The molecular weight excluding hydrogens is 342 g/mol. The van der Waals surface area contributed by atoms with Crippen LogP contribution in [0.1, 0.15) is 49.9 Å². The normalized spacial score (nSPS) is 13.4. The van der Waals surface area contributed by atoms with Crippen molar-refractivity contribution in [2.75, 3.05) is 6.54 Å². The lowest BCUT2D eigenvalue weighted by Gasteiger charge is -2.07. The highest BCUT2D eigenvalue weighted by molar-refractivity contribution is 7.14. The second-order valence-corrected chi connectivity index (χ2v) is 6.92. The van der Waals surface area contributed by atoms with Gasteiger partial charge in [-0.3, -0.25) is 25.2 Å². The van der Waals surface area contributed by atoms with Crippen molar-refractivity contribution in [2.45, 2.75) is 32.1 Å². The molecule has 2 aromatic rings. The number of aryl methyl sites for hydroxylation is 2. The molecule has 25 heavy (non-hydrogen) atoms. The van der Waals surface area contributed by atoms with Crippen molar-refractivity contribution in [1.29, 1.82) is 0 Å². The third-order valence-electron chi connectivity index (χ3n) is 3.94. The van der Waals surface area contributed by atoms with Crippen LogP contribution in [0.25, 0.3) is 0 Å². The summed E-state index contributed by atoms with van der Waals surface area (Å²) in [6.45, 7) is -0.263. The van der Waals surface area contributed by atoms with Gasteiger partial charge in [0.1, 0.15) is 0 Å². The van der Waals surface area contributed by atoms with E-state index in [1.54, 1.807) is 6.07 Å². The molecule has 3 amide bonds. The van der Waals surface area contributed by atoms with Crippen molar-refractivity contribution in [3.05, 3.63) is 45.5 Å². The summed E-state index contributed by atoms with van der Waals surface area (Å²) in [7, 11) is 0. The lowest BCUT2D eigenvalue weighted by atomic mass is 10.1. The molecule has 0 bridgehead atoms. The van der Waals surface area contributed by atoms with E-state index in [0.717, 1.165) is 25.7 Å². The minimum absolute atomic E-state index is 0.122. The van der Waals surface area contributed by atoms with Crippen LogP contribution in [0.3, 0.4) is 0 Å². The lowest BCUT2D eigenvalue weighted by Crippen LogP contribution is -2.46. The highest BCUT2D eigenvalue weighted by atomic mass is 32.1. The molecule has 8 heteroatoms. The molecule has 7 nitrogen and oxygen atoms in total. The molecule has 3 rings (SSSR count). The van der Waals surface area contributed by atoms with Gasteiger partial charge in [-0.2, -0.15) is 0 Å². The second kappa shape index (κ2) is 7.98. The first-order chi connectivity index (χ1) is 12.1. The van der Waals surface area contributed by atoms with Crippen molar-refractivity contribution in [3.63, 3.8) is 0 Å². The van der Waals surface area contributed by atoms with Crippen LogP contribution in [-0.2, 0) is 17.6 Å². The quantitative estimate of drug-likeness (QED) is 0.571. The molecule has 2 aromatic heterocycles. The highest BCUT2D eigenvalue weighted by Crippen LogP contribution is 2.28. The number of furan rings is 1. The Morgan fingerprint density at radius 3 is 2.72 bits per heavy atom. The van der Waals surface area contributed by atoms with Crippen LogP contribution in [0, 0.1) is 0 Å². The summed E-state index contributed by atoms with van der Waals surface area (Å²) < 4.78 is 4.92. The summed E-state index contributed by atoms with van der Waals surface area (Å²) in [5.41, 5.74) is 5.92. The van der Waals surface area contributed by atoms with E-state index in [2.05, 4.69) is 16.2 Å². The molecule has 1 aliphatic rings. The summed E-state index contributed by atoms with van der Waals surface area (Å²) >= 11 is 1.48. The van der Waals surface area contributed by atoms with Crippen molar-refractivity contribution in [3.8, 4) is 0 Å². The number of carbonyl (C=O) groups excluding carboxylic acids is 3. The zero-order valence-corrected chi connectivity index (χ0v) is 14.4. The van der Waals surface area contributed by atoms with Gasteiger partial charge in [0, 0.05) is 4.88 Å². The largest absolute Gasteiger partial charge is 0.459 e. The van der Waals surface area contributed by atoms with E-state index >= 15 is 0 Å². The highest BCUT2D eigenvalue weighted by Gasteiger charge is 2.17. The number of rotatable bonds is 4. The number of nitrogens with one attached hydrogen (secondary N) is 3. The minimum Gasteiger partial charge on any atom is -0.459 e. The van der Waals surface area contributed by atoms with Gasteiger partial charge in [0.05, 0.1) is 17.7 Å². The van der Waals surface area contributed by atoms with Gasteiger partial charge in [-0.25, -0.2) is 0 Å². The van der Waals surface area contributed by atoms with Crippen LogP contribution in [0.15, 0.2) is 28.9 Å². The molecule has 0 unspecified atom stereocenters. The average Bonchev–Trinajstić information content (AvgIpc) is 3.24. The second-order valence-electron chi connectivity index (χ2n) is 5.78. The molecule has 0 spiro atoms. The molecule has 2 heterocycles. The topological polar surface area (TPSA) is 100 Å². The zero-order chi connectivity index (χ0) is 17.6. The Kier molecular flexibility index (Phi) is 5.49. The van der Waals surface area contributed by atoms with Gasteiger partial charge in [0.25, 0.3) is 17.7 Å². The van der Waals surface area contributed by atoms with Crippen LogP contribution in [0.5, 0.6) is 0 Å². The van der Waals surface area contributed by atoms with Gasteiger partial charge in [-0.05, 0) is 49.4 Å². The molecule has 0 radical (unpaired) electrons. The van der Waals surface area contributed by atoms with Crippen LogP contribution in [0.4, 0.5) is 0 Å². The third kappa shape index (κ3) is 4.48. The Balaban J connectivity index is 1.45. The molecule has 0 aromatic carbocycles. The molecule has 0 atom stereocenters. The van der Waals surface area contributed by atoms with E-state index in [4.69, 9.17) is 4.42 Å². The number of amides is 3. The van der Waals surface area contributed by atoms with Crippen molar-refractivity contribution >= 4 is 29.1 Å². The van der Waals surface area contributed by atoms with E-state index in [9.17, 15) is 14.4 Å². The first-order valence-electron chi connectivity index (χ1n) is 8.16. The number of hydrogen-bond donors (Lipinski definition) is 3. The van der Waals surface area contributed by atoms with Crippen molar-refractivity contribution in [1.82, 2.24) is 16.2 Å². The van der Waals surface area contributed by atoms with Crippen LogP contribution in [0.2, 0.25) is 0 Å². The van der Waals surface area contributed by atoms with Gasteiger partial charge >= 0.3 is 0 Å². The summed E-state index contributed by atoms with van der Waals surface area (Å²) in [5, 5.41) is 2.40. The molecule has 0 aliphatic heterocycles. The molecule has 0 saturated heterocycles. The lowest BCUT2D eigenvalue weighted by molar-refractivity contribution is -0.120. The van der Waals surface area contributed by atoms with Crippen molar-refractivity contribution < 1.29 is 18.8 Å². The maximum atomic E-state index is 12.2. The summed E-state index contributed by atoms with van der Waals surface area (Å²) in [4.78, 5) is 37.4. The van der Waals surface area contributed by atoms with Gasteiger partial charge in [-0.15, -0.1) is 11.3 Å². The van der Waals surface area contributed by atoms with Gasteiger partial charge in [0.15, 0.2) is 5.76 Å². The van der Waals surface area contributed by atoms with E-state index in [1.165, 1.54) is 40.5 Å². The predicted octanol–water partition coefficient (Wildman–Crippen LogP) is 1.80. The average molecular weight is 361 g/mol. The maximum Gasteiger partial charge on any atom is 0.287 e. The first-order valence-corrected chi connectivity index (χ1v) is 8.97. The van der Waals surface area contributed by atoms with Gasteiger partial charge < -0.3 is 9.73 Å².